The predicted octanol–water partition coefficient (Wildman–Crippen LogP) is 3.13. The van der Waals surface area contributed by atoms with Crippen molar-refractivity contribution in [3.8, 4) is 0 Å². The molecule has 1 aliphatic heterocycles. The van der Waals surface area contributed by atoms with E-state index in [4.69, 9.17) is 0 Å². The first-order chi connectivity index (χ1) is 12.2. The summed E-state index contributed by atoms with van der Waals surface area (Å²) in [6, 6.07) is 13.4. The lowest BCUT2D eigenvalue weighted by molar-refractivity contribution is 0.0695. The molecule has 1 aliphatic rings. The molecule has 0 spiro atoms. The first kappa shape index (κ1) is 15.3. The number of carboxylic acid groups (broad SMARTS) is 1. The summed E-state index contributed by atoms with van der Waals surface area (Å²) in [7, 11) is 0. The highest BCUT2D eigenvalue weighted by atomic mass is 16.4. The summed E-state index contributed by atoms with van der Waals surface area (Å²) in [5.74, 6) is -0.904. The number of aromatic carboxylic acids is 1. The van der Waals surface area contributed by atoms with Gasteiger partial charge in [0.25, 0.3) is 0 Å². The Bertz CT molecular complexity index is 871. The second-order valence-electron chi connectivity index (χ2n) is 6.22. The van der Waals surface area contributed by atoms with Crippen LogP contribution in [0.2, 0.25) is 0 Å². The summed E-state index contributed by atoms with van der Waals surface area (Å²) in [5.41, 5.74) is 3.90. The summed E-state index contributed by atoms with van der Waals surface area (Å²) < 4.78 is 0. The molecule has 0 aliphatic carbocycles. The molecule has 5 nitrogen and oxygen atoms in total. The average Bonchev–Trinajstić information content (AvgIpc) is 2.68. The van der Waals surface area contributed by atoms with Gasteiger partial charge in [0.1, 0.15) is 0 Å². The van der Waals surface area contributed by atoms with E-state index in [1.165, 1.54) is 0 Å². The monoisotopic (exact) mass is 331 g/mol. The molecule has 0 bridgehead atoms. The van der Waals surface area contributed by atoms with E-state index in [1.54, 1.807) is 36.9 Å². The lowest BCUT2D eigenvalue weighted by Crippen LogP contribution is -2.42. The maximum atomic E-state index is 11.7. The van der Waals surface area contributed by atoms with Gasteiger partial charge in [0.05, 0.1) is 5.56 Å². The van der Waals surface area contributed by atoms with Crippen LogP contribution in [-0.4, -0.2) is 27.6 Å². The van der Waals surface area contributed by atoms with Crippen LogP contribution in [0.3, 0.4) is 0 Å². The van der Waals surface area contributed by atoms with Gasteiger partial charge in [0.2, 0.25) is 0 Å². The minimum Gasteiger partial charge on any atom is -0.478 e. The summed E-state index contributed by atoms with van der Waals surface area (Å²) >= 11 is 0. The van der Waals surface area contributed by atoms with E-state index in [9.17, 15) is 9.90 Å². The summed E-state index contributed by atoms with van der Waals surface area (Å²) in [6.07, 6.45) is 7.70. The molecule has 25 heavy (non-hydrogen) atoms. The fraction of sp³-hybridized carbons (Fsp3) is 0.150. The fourth-order valence-electron chi connectivity index (χ4n) is 3.67. The van der Waals surface area contributed by atoms with E-state index < -0.39 is 5.97 Å². The Morgan fingerprint density at radius 2 is 1.56 bits per heavy atom. The van der Waals surface area contributed by atoms with E-state index >= 15 is 0 Å². The Morgan fingerprint density at radius 3 is 2.12 bits per heavy atom. The molecule has 5 heteroatoms. The van der Waals surface area contributed by atoms with Crippen LogP contribution < -0.4 is 5.32 Å². The van der Waals surface area contributed by atoms with Crippen LogP contribution in [-0.2, 0) is 11.8 Å². The molecule has 1 aromatic carbocycles. The number of pyridine rings is 2. The molecule has 2 N–H and O–H groups in total. The highest BCUT2D eigenvalue weighted by molar-refractivity contribution is 5.91. The Hall–Kier alpha value is -3.21. The number of carboxylic acids is 1. The zero-order chi connectivity index (χ0) is 17.3. The van der Waals surface area contributed by atoms with E-state index in [1.807, 2.05) is 30.3 Å². The zero-order valence-corrected chi connectivity index (χ0v) is 13.5. The van der Waals surface area contributed by atoms with Crippen molar-refractivity contribution in [1.82, 2.24) is 9.97 Å². The van der Waals surface area contributed by atoms with Gasteiger partial charge in [-0.25, -0.2) is 4.79 Å². The van der Waals surface area contributed by atoms with Crippen molar-refractivity contribution in [2.45, 2.75) is 11.8 Å². The molecule has 124 valence electrons. The van der Waals surface area contributed by atoms with Gasteiger partial charge in [-0.2, -0.15) is 0 Å². The van der Waals surface area contributed by atoms with Crippen LogP contribution in [0.1, 0.15) is 27.0 Å². The Balaban J connectivity index is 1.92. The first-order valence-electron chi connectivity index (χ1n) is 8.11. The van der Waals surface area contributed by atoms with Crippen LogP contribution in [0.5, 0.6) is 0 Å². The Kier molecular flexibility index (Phi) is 3.69. The molecule has 4 rings (SSSR count). The number of nitrogens with one attached hydrogen (secondary N) is 1. The molecule has 2 aromatic heterocycles. The van der Waals surface area contributed by atoms with Gasteiger partial charge < -0.3 is 10.4 Å². The van der Waals surface area contributed by atoms with Gasteiger partial charge in [-0.15, -0.1) is 0 Å². The Labute approximate surface area is 145 Å². The second kappa shape index (κ2) is 6.02. The normalized spacial score (nSPS) is 15.0. The van der Waals surface area contributed by atoms with Crippen LogP contribution in [0, 0.1) is 0 Å². The van der Waals surface area contributed by atoms with Crippen molar-refractivity contribution >= 4 is 11.7 Å². The number of rotatable bonds is 3. The SMILES string of the molecule is O=C(O)c1cccc2c1CC(c1ccncc1)(c1ccncc1)CN2. The third-order valence-corrected chi connectivity index (χ3v) is 4.93. The van der Waals surface area contributed by atoms with E-state index in [0.29, 0.717) is 18.5 Å². The zero-order valence-electron chi connectivity index (χ0n) is 13.5. The quantitative estimate of drug-likeness (QED) is 0.771. The lowest BCUT2D eigenvalue weighted by Gasteiger charge is -2.40. The van der Waals surface area contributed by atoms with Gasteiger partial charge in [-0.3, -0.25) is 9.97 Å². The van der Waals surface area contributed by atoms with E-state index in [2.05, 4.69) is 15.3 Å². The highest BCUT2D eigenvalue weighted by Gasteiger charge is 2.39. The van der Waals surface area contributed by atoms with Gasteiger partial charge in [0, 0.05) is 42.4 Å². The number of benzene rings is 1. The third kappa shape index (κ3) is 2.54. The van der Waals surface area contributed by atoms with Crippen LogP contribution in [0.15, 0.2) is 67.3 Å². The minimum atomic E-state index is -0.904. The second-order valence-corrected chi connectivity index (χ2v) is 6.22. The highest BCUT2D eigenvalue weighted by Crippen LogP contribution is 2.41. The molecule has 0 fully saturated rings. The van der Waals surface area contributed by atoms with Crippen molar-refractivity contribution in [2.75, 3.05) is 11.9 Å². The number of carbonyl (C=O) groups is 1. The van der Waals surface area contributed by atoms with Crippen molar-refractivity contribution in [2.24, 2.45) is 0 Å². The topological polar surface area (TPSA) is 75.1 Å². The number of nitrogens with zero attached hydrogens (tertiary/aromatic N) is 2. The third-order valence-electron chi connectivity index (χ3n) is 4.93. The molecule has 0 saturated heterocycles. The molecular formula is C20H17N3O2. The number of hydrogen-bond donors (Lipinski definition) is 2. The van der Waals surface area contributed by atoms with Crippen molar-refractivity contribution < 1.29 is 9.90 Å². The minimum absolute atomic E-state index is 0.345. The molecule has 0 atom stereocenters. The van der Waals surface area contributed by atoms with E-state index in [0.717, 1.165) is 22.4 Å². The van der Waals surface area contributed by atoms with Crippen molar-refractivity contribution in [1.29, 1.82) is 0 Å². The number of hydrogen-bond acceptors (Lipinski definition) is 4. The number of aromatic nitrogens is 2. The van der Waals surface area contributed by atoms with Gasteiger partial charge in [-0.05, 0) is 59.5 Å². The van der Waals surface area contributed by atoms with Crippen LogP contribution in [0.4, 0.5) is 5.69 Å². The summed E-state index contributed by atoms with van der Waals surface area (Å²) in [4.78, 5) is 20.0. The van der Waals surface area contributed by atoms with Crippen LogP contribution in [0.25, 0.3) is 0 Å². The van der Waals surface area contributed by atoms with Gasteiger partial charge in [-0.1, -0.05) is 6.07 Å². The molecule has 0 unspecified atom stereocenters. The van der Waals surface area contributed by atoms with Crippen molar-refractivity contribution in [3.05, 3.63) is 89.5 Å². The predicted molar refractivity (Wildman–Crippen MR) is 94.8 cm³/mol. The Morgan fingerprint density at radius 1 is 0.960 bits per heavy atom. The number of fused-ring (bicyclic) bond motifs is 1. The van der Waals surface area contributed by atoms with Crippen molar-refractivity contribution in [3.63, 3.8) is 0 Å². The lowest BCUT2D eigenvalue weighted by atomic mass is 9.68. The molecule has 0 radical (unpaired) electrons. The molecule has 3 aromatic rings. The number of anilines is 1. The van der Waals surface area contributed by atoms with E-state index in [-0.39, 0.29) is 5.41 Å². The fourth-order valence-corrected chi connectivity index (χ4v) is 3.67. The molecule has 0 saturated carbocycles. The first-order valence-corrected chi connectivity index (χ1v) is 8.11. The maximum Gasteiger partial charge on any atom is 0.336 e. The smallest absolute Gasteiger partial charge is 0.336 e. The molecular weight excluding hydrogens is 314 g/mol. The molecule has 0 amide bonds. The maximum absolute atomic E-state index is 11.7. The standard InChI is InChI=1S/C20H17N3O2/c24-19(25)16-2-1-3-18-17(16)12-20(13-23-18,14-4-8-21-9-5-14)15-6-10-22-11-7-15/h1-11,23H,12-13H2,(H,24,25). The average molecular weight is 331 g/mol. The van der Waals surface area contributed by atoms with Gasteiger partial charge >= 0.3 is 5.97 Å². The largest absolute Gasteiger partial charge is 0.478 e. The summed E-state index contributed by atoms with van der Waals surface area (Å²) in [5, 5.41) is 13.0. The molecule has 3 heterocycles. The summed E-state index contributed by atoms with van der Waals surface area (Å²) in [6.45, 7) is 0.678. The van der Waals surface area contributed by atoms with Gasteiger partial charge in [0.15, 0.2) is 0 Å². The van der Waals surface area contributed by atoms with Crippen LogP contribution >= 0.6 is 0 Å².